The standard InChI is InChI=1S/C16H14BrNO/c17-14-5-1-11(2-6-14)9-16(19)13-4-3-12-7-8-18-15(12)10-13/h1-6,10,18H,7-9H2. The van der Waals surface area contributed by atoms with Gasteiger partial charge < -0.3 is 5.32 Å². The molecule has 2 aromatic carbocycles. The van der Waals surface area contributed by atoms with Gasteiger partial charge in [-0.25, -0.2) is 0 Å². The molecule has 1 aliphatic rings. The monoisotopic (exact) mass is 315 g/mol. The maximum absolute atomic E-state index is 12.3. The molecule has 3 heteroatoms. The maximum atomic E-state index is 12.3. The summed E-state index contributed by atoms with van der Waals surface area (Å²) < 4.78 is 1.03. The molecule has 3 rings (SSSR count). The third-order valence-electron chi connectivity index (χ3n) is 3.42. The lowest BCUT2D eigenvalue weighted by atomic mass is 10.0. The highest BCUT2D eigenvalue weighted by atomic mass is 79.9. The molecule has 2 nitrogen and oxygen atoms in total. The minimum absolute atomic E-state index is 0.166. The van der Waals surface area contributed by atoms with Crippen LogP contribution < -0.4 is 5.32 Å². The number of fused-ring (bicyclic) bond motifs is 1. The zero-order chi connectivity index (χ0) is 13.2. The molecular weight excluding hydrogens is 302 g/mol. The molecule has 0 bridgehead atoms. The molecule has 0 fully saturated rings. The Morgan fingerprint density at radius 3 is 2.74 bits per heavy atom. The first-order valence-corrected chi connectivity index (χ1v) is 7.16. The Bertz CT molecular complexity index is 619. The summed E-state index contributed by atoms with van der Waals surface area (Å²) in [6, 6.07) is 13.9. The zero-order valence-electron chi connectivity index (χ0n) is 10.4. The predicted molar refractivity (Wildman–Crippen MR) is 80.8 cm³/mol. The maximum Gasteiger partial charge on any atom is 0.167 e. The average molecular weight is 316 g/mol. The normalized spacial score (nSPS) is 12.9. The van der Waals surface area contributed by atoms with Crippen LogP contribution in [0.2, 0.25) is 0 Å². The number of ketones is 1. The summed E-state index contributed by atoms with van der Waals surface area (Å²) in [5.74, 6) is 0.166. The molecule has 0 aromatic heterocycles. The zero-order valence-corrected chi connectivity index (χ0v) is 12.0. The highest BCUT2D eigenvalue weighted by Crippen LogP contribution is 2.24. The summed E-state index contributed by atoms with van der Waals surface area (Å²) in [5, 5.41) is 3.31. The van der Waals surface area contributed by atoms with E-state index in [9.17, 15) is 4.79 Å². The molecule has 2 aromatic rings. The summed E-state index contributed by atoms with van der Waals surface area (Å²) in [4.78, 5) is 12.3. The molecule has 19 heavy (non-hydrogen) atoms. The summed E-state index contributed by atoms with van der Waals surface area (Å²) >= 11 is 3.40. The second-order valence-corrected chi connectivity index (χ2v) is 5.69. The number of carbonyl (C=O) groups is 1. The van der Waals surface area contributed by atoms with Crippen LogP contribution in [-0.4, -0.2) is 12.3 Å². The van der Waals surface area contributed by atoms with Crippen molar-refractivity contribution in [3.8, 4) is 0 Å². The lowest BCUT2D eigenvalue weighted by molar-refractivity contribution is 0.0993. The van der Waals surface area contributed by atoms with Crippen LogP contribution in [0.4, 0.5) is 5.69 Å². The number of anilines is 1. The van der Waals surface area contributed by atoms with Crippen molar-refractivity contribution in [3.05, 3.63) is 63.6 Å². The molecular formula is C16H14BrNO. The first kappa shape index (κ1) is 12.4. The van der Waals surface area contributed by atoms with Gasteiger partial charge in [0.2, 0.25) is 0 Å². The average Bonchev–Trinajstić information content (AvgIpc) is 2.88. The van der Waals surface area contributed by atoms with Crippen LogP contribution in [0.25, 0.3) is 0 Å². The van der Waals surface area contributed by atoms with E-state index in [1.807, 2.05) is 36.4 Å². The Balaban J connectivity index is 1.78. The van der Waals surface area contributed by atoms with E-state index in [-0.39, 0.29) is 5.78 Å². The van der Waals surface area contributed by atoms with Gasteiger partial charge in [0, 0.05) is 28.7 Å². The van der Waals surface area contributed by atoms with Crippen molar-refractivity contribution in [2.24, 2.45) is 0 Å². The number of Topliss-reactive ketones (excluding diaryl/α,β-unsaturated/α-hetero) is 1. The number of halogens is 1. The molecule has 0 radical (unpaired) electrons. The lowest BCUT2D eigenvalue weighted by Crippen LogP contribution is -2.04. The van der Waals surface area contributed by atoms with Crippen LogP contribution in [0, 0.1) is 0 Å². The second kappa shape index (κ2) is 5.17. The Morgan fingerprint density at radius 1 is 1.16 bits per heavy atom. The molecule has 0 amide bonds. The van der Waals surface area contributed by atoms with E-state index in [0.717, 1.165) is 34.3 Å². The van der Waals surface area contributed by atoms with E-state index < -0.39 is 0 Å². The highest BCUT2D eigenvalue weighted by Gasteiger charge is 2.13. The molecule has 0 unspecified atom stereocenters. The number of carbonyl (C=O) groups excluding carboxylic acids is 1. The predicted octanol–water partition coefficient (Wildman–Crippen LogP) is 3.84. The first-order chi connectivity index (χ1) is 9.22. The smallest absolute Gasteiger partial charge is 0.167 e. The van der Waals surface area contributed by atoms with Gasteiger partial charge in [-0.15, -0.1) is 0 Å². The van der Waals surface area contributed by atoms with Crippen molar-refractivity contribution >= 4 is 27.4 Å². The molecule has 0 saturated heterocycles. The van der Waals surface area contributed by atoms with Crippen LogP contribution in [0.1, 0.15) is 21.5 Å². The van der Waals surface area contributed by atoms with Crippen LogP contribution >= 0.6 is 15.9 Å². The molecule has 1 N–H and O–H groups in total. The first-order valence-electron chi connectivity index (χ1n) is 6.37. The topological polar surface area (TPSA) is 29.1 Å². The van der Waals surface area contributed by atoms with Crippen LogP contribution in [0.15, 0.2) is 46.9 Å². The SMILES string of the molecule is O=C(Cc1ccc(Br)cc1)c1ccc2c(c1)NCC2. The number of hydrogen-bond donors (Lipinski definition) is 1. The van der Waals surface area contributed by atoms with E-state index in [1.54, 1.807) is 0 Å². The van der Waals surface area contributed by atoms with E-state index >= 15 is 0 Å². The Morgan fingerprint density at radius 2 is 1.95 bits per heavy atom. The Kier molecular flexibility index (Phi) is 3.38. The summed E-state index contributed by atoms with van der Waals surface area (Å²) in [6.07, 6.45) is 1.50. The van der Waals surface area contributed by atoms with Gasteiger partial charge in [0.05, 0.1) is 0 Å². The van der Waals surface area contributed by atoms with Gasteiger partial charge in [-0.2, -0.15) is 0 Å². The van der Waals surface area contributed by atoms with Gasteiger partial charge >= 0.3 is 0 Å². The second-order valence-electron chi connectivity index (χ2n) is 4.78. The van der Waals surface area contributed by atoms with Crippen LogP contribution in [0.5, 0.6) is 0 Å². The van der Waals surface area contributed by atoms with Gasteiger partial charge in [0.25, 0.3) is 0 Å². The minimum atomic E-state index is 0.166. The van der Waals surface area contributed by atoms with E-state index in [2.05, 4.69) is 27.3 Å². The van der Waals surface area contributed by atoms with Crippen molar-refractivity contribution in [1.29, 1.82) is 0 Å². The summed E-state index contributed by atoms with van der Waals surface area (Å²) in [6.45, 7) is 0.972. The number of hydrogen-bond acceptors (Lipinski definition) is 2. The van der Waals surface area contributed by atoms with Crippen molar-refractivity contribution in [2.45, 2.75) is 12.8 Å². The molecule has 96 valence electrons. The van der Waals surface area contributed by atoms with Crippen molar-refractivity contribution in [3.63, 3.8) is 0 Å². The van der Waals surface area contributed by atoms with E-state index in [1.165, 1.54) is 5.56 Å². The van der Waals surface area contributed by atoms with Crippen molar-refractivity contribution in [1.82, 2.24) is 0 Å². The third-order valence-corrected chi connectivity index (χ3v) is 3.95. The Hall–Kier alpha value is -1.61. The van der Waals surface area contributed by atoms with Gasteiger partial charge in [0.15, 0.2) is 5.78 Å². The lowest BCUT2D eigenvalue weighted by Gasteiger charge is -2.05. The molecule has 0 atom stereocenters. The minimum Gasteiger partial charge on any atom is -0.384 e. The van der Waals surface area contributed by atoms with Gasteiger partial charge in [-0.1, -0.05) is 40.2 Å². The largest absolute Gasteiger partial charge is 0.384 e. The number of rotatable bonds is 3. The number of nitrogens with one attached hydrogen (secondary N) is 1. The van der Waals surface area contributed by atoms with Gasteiger partial charge in [-0.3, -0.25) is 4.79 Å². The van der Waals surface area contributed by atoms with E-state index in [0.29, 0.717) is 6.42 Å². The fourth-order valence-electron chi connectivity index (χ4n) is 2.35. The van der Waals surface area contributed by atoms with Crippen molar-refractivity contribution < 1.29 is 4.79 Å². The van der Waals surface area contributed by atoms with Gasteiger partial charge in [-0.05, 0) is 35.7 Å². The van der Waals surface area contributed by atoms with Gasteiger partial charge in [0.1, 0.15) is 0 Å². The molecule has 1 aliphatic heterocycles. The van der Waals surface area contributed by atoms with E-state index in [4.69, 9.17) is 0 Å². The summed E-state index contributed by atoms with van der Waals surface area (Å²) in [7, 11) is 0. The number of benzene rings is 2. The molecule has 0 spiro atoms. The quantitative estimate of drug-likeness (QED) is 0.872. The summed E-state index contributed by atoms with van der Waals surface area (Å²) in [5.41, 5.74) is 4.25. The Labute approximate surface area is 121 Å². The highest BCUT2D eigenvalue weighted by molar-refractivity contribution is 9.10. The molecule has 1 heterocycles. The third kappa shape index (κ3) is 2.71. The molecule has 0 saturated carbocycles. The van der Waals surface area contributed by atoms with Crippen molar-refractivity contribution in [2.75, 3.05) is 11.9 Å². The fourth-order valence-corrected chi connectivity index (χ4v) is 2.62. The molecule has 0 aliphatic carbocycles. The van der Waals surface area contributed by atoms with Crippen LogP contribution in [-0.2, 0) is 12.8 Å². The fraction of sp³-hybridized carbons (Fsp3) is 0.188. The van der Waals surface area contributed by atoms with Crippen LogP contribution in [0.3, 0.4) is 0 Å².